The number of carbonyl (C=O) groups excluding carboxylic acids is 1. The molecule has 0 aliphatic heterocycles. The van der Waals surface area contributed by atoms with Gasteiger partial charge in [-0.2, -0.15) is 0 Å². The molecule has 1 amide bonds. The molecule has 3 atom stereocenters. The Bertz CT molecular complexity index is 732. The topological polar surface area (TPSA) is 54.9 Å². The van der Waals surface area contributed by atoms with Gasteiger partial charge in [0.2, 0.25) is 11.0 Å². The average Bonchev–Trinajstić information content (AvgIpc) is 3.24. The van der Waals surface area contributed by atoms with Crippen molar-refractivity contribution in [1.82, 2.24) is 10.2 Å². The fourth-order valence-electron chi connectivity index (χ4n) is 4.05. The minimum absolute atomic E-state index is 0.0596. The van der Waals surface area contributed by atoms with E-state index >= 15 is 0 Å². The van der Waals surface area contributed by atoms with Crippen molar-refractivity contribution in [3.63, 3.8) is 0 Å². The number of carbonyl (C=O) groups is 1. The molecule has 1 heterocycles. The van der Waals surface area contributed by atoms with Gasteiger partial charge in [-0.1, -0.05) is 47.6 Å². The fourth-order valence-corrected chi connectivity index (χ4v) is 5.13. The number of hydrogen-bond donors (Lipinski definition) is 1. The molecule has 4 nitrogen and oxygen atoms in total. The molecule has 2 aliphatic rings. The third kappa shape index (κ3) is 3.12. The van der Waals surface area contributed by atoms with Crippen LogP contribution < -0.4 is 5.32 Å². The van der Waals surface area contributed by atoms with Gasteiger partial charge in [0.15, 0.2) is 5.01 Å². The van der Waals surface area contributed by atoms with Crippen LogP contribution in [0.3, 0.4) is 0 Å². The maximum Gasteiger partial charge on any atom is 0.226 e. The van der Waals surface area contributed by atoms with E-state index in [-0.39, 0.29) is 5.91 Å². The summed E-state index contributed by atoms with van der Waals surface area (Å²) in [4.78, 5) is 12.3. The Balaban J connectivity index is 1.40. The van der Waals surface area contributed by atoms with E-state index in [2.05, 4.69) is 15.5 Å². The van der Waals surface area contributed by atoms with Gasteiger partial charge in [0.25, 0.3) is 0 Å². The first-order valence-corrected chi connectivity index (χ1v) is 9.27. The smallest absolute Gasteiger partial charge is 0.226 e. The molecular formula is C17H18ClN3OS. The van der Waals surface area contributed by atoms with Crippen molar-refractivity contribution >= 4 is 34.0 Å². The number of halogens is 1. The summed E-state index contributed by atoms with van der Waals surface area (Å²) >= 11 is 7.54. The largest absolute Gasteiger partial charge is 0.301 e. The third-order valence-electron chi connectivity index (χ3n) is 5.11. The number of nitrogens with zero attached hydrogens (tertiary/aromatic N) is 2. The van der Waals surface area contributed by atoms with Crippen molar-refractivity contribution in [3.05, 3.63) is 29.3 Å². The van der Waals surface area contributed by atoms with Gasteiger partial charge in [0, 0.05) is 12.0 Å². The van der Waals surface area contributed by atoms with Crippen LogP contribution in [-0.2, 0) is 4.79 Å². The van der Waals surface area contributed by atoms with Crippen LogP contribution in [0.15, 0.2) is 24.3 Å². The second kappa shape index (κ2) is 6.21. The van der Waals surface area contributed by atoms with E-state index in [1.807, 2.05) is 24.3 Å². The number of fused-ring (bicyclic) bond motifs is 2. The van der Waals surface area contributed by atoms with Crippen LogP contribution in [-0.4, -0.2) is 16.1 Å². The maximum atomic E-state index is 12.3. The van der Waals surface area contributed by atoms with E-state index in [9.17, 15) is 4.79 Å². The molecule has 0 spiro atoms. The minimum Gasteiger partial charge on any atom is -0.301 e. The van der Waals surface area contributed by atoms with Crippen LogP contribution in [0.4, 0.5) is 5.13 Å². The molecule has 0 unspecified atom stereocenters. The van der Waals surface area contributed by atoms with Crippen molar-refractivity contribution in [2.75, 3.05) is 5.32 Å². The molecule has 2 fully saturated rings. The number of aromatic nitrogens is 2. The van der Waals surface area contributed by atoms with Crippen LogP contribution in [0.2, 0.25) is 5.02 Å². The Kier molecular flexibility index (Phi) is 4.07. The van der Waals surface area contributed by atoms with Crippen molar-refractivity contribution < 1.29 is 4.79 Å². The summed E-state index contributed by atoms with van der Waals surface area (Å²) < 4.78 is 0. The molecule has 23 heavy (non-hydrogen) atoms. The number of amides is 1. The van der Waals surface area contributed by atoms with E-state index in [4.69, 9.17) is 11.6 Å². The lowest BCUT2D eigenvalue weighted by molar-refractivity contribution is -0.117. The average molecular weight is 348 g/mol. The van der Waals surface area contributed by atoms with Crippen LogP contribution >= 0.6 is 22.9 Å². The molecule has 0 radical (unpaired) electrons. The number of rotatable bonds is 4. The lowest BCUT2D eigenvalue weighted by atomic mass is 9.86. The SMILES string of the molecule is O=C(C[C@@H]1C[C@@H]2CC[C@@H]1C2)Nc1nnc(-c2ccccc2Cl)s1. The molecule has 4 rings (SSSR count). The van der Waals surface area contributed by atoms with Gasteiger partial charge in [-0.15, -0.1) is 10.2 Å². The summed E-state index contributed by atoms with van der Waals surface area (Å²) in [6.45, 7) is 0. The van der Waals surface area contributed by atoms with Gasteiger partial charge >= 0.3 is 0 Å². The number of anilines is 1. The van der Waals surface area contributed by atoms with Gasteiger partial charge in [0.1, 0.15) is 0 Å². The molecule has 2 saturated carbocycles. The summed E-state index contributed by atoms with van der Waals surface area (Å²) in [5, 5.41) is 13.0. The highest BCUT2D eigenvalue weighted by atomic mass is 35.5. The lowest BCUT2D eigenvalue weighted by Gasteiger charge is -2.20. The van der Waals surface area contributed by atoms with Crippen molar-refractivity contribution in [1.29, 1.82) is 0 Å². The Hall–Kier alpha value is -1.46. The Labute approximate surface area is 144 Å². The molecule has 2 bridgehead atoms. The number of hydrogen-bond acceptors (Lipinski definition) is 4. The Morgan fingerprint density at radius 2 is 2.13 bits per heavy atom. The molecule has 2 aliphatic carbocycles. The van der Waals surface area contributed by atoms with Crippen LogP contribution in [0, 0.1) is 17.8 Å². The van der Waals surface area contributed by atoms with Crippen molar-refractivity contribution in [3.8, 4) is 10.6 Å². The first kappa shape index (κ1) is 15.1. The molecule has 2 aromatic rings. The van der Waals surface area contributed by atoms with Crippen LogP contribution in [0.1, 0.15) is 32.1 Å². The van der Waals surface area contributed by atoms with E-state index < -0.39 is 0 Å². The summed E-state index contributed by atoms with van der Waals surface area (Å²) in [5.74, 6) is 2.25. The fraction of sp³-hybridized carbons (Fsp3) is 0.471. The van der Waals surface area contributed by atoms with Crippen molar-refractivity contribution in [2.24, 2.45) is 17.8 Å². The molecule has 1 aromatic heterocycles. The first-order valence-electron chi connectivity index (χ1n) is 8.07. The van der Waals surface area contributed by atoms with E-state index in [0.29, 0.717) is 22.5 Å². The second-order valence-corrected chi connectivity index (χ2v) is 7.96. The van der Waals surface area contributed by atoms with Gasteiger partial charge in [-0.25, -0.2) is 0 Å². The van der Waals surface area contributed by atoms with Gasteiger partial charge in [-0.3, -0.25) is 4.79 Å². The number of nitrogens with one attached hydrogen (secondary N) is 1. The van der Waals surface area contributed by atoms with Gasteiger partial charge < -0.3 is 5.32 Å². The third-order valence-corrected chi connectivity index (χ3v) is 6.31. The molecular weight excluding hydrogens is 330 g/mol. The highest BCUT2D eigenvalue weighted by Crippen LogP contribution is 2.49. The van der Waals surface area contributed by atoms with E-state index in [1.54, 1.807) is 0 Å². The van der Waals surface area contributed by atoms with Gasteiger partial charge in [-0.05, 0) is 43.1 Å². The normalized spacial score (nSPS) is 25.7. The number of benzene rings is 1. The minimum atomic E-state index is 0.0596. The van der Waals surface area contributed by atoms with Crippen LogP contribution in [0.5, 0.6) is 0 Å². The predicted molar refractivity (Wildman–Crippen MR) is 92.5 cm³/mol. The van der Waals surface area contributed by atoms with E-state index in [0.717, 1.165) is 22.4 Å². The summed E-state index contributed by atoms with van der Waals surface area (Å²) in [6, 6.07) is 7.52. The molecule has 120 valence electrons. The van der Waals surface area contributed by atoms with E-state index in [1.165, 1.54) is 37.0 Å². The zero-order chi connectivity index (χ0) is 15.8. The highest BCUT2D eigenvalue weighted by molar-refractivity contribution is 7.18. The van der Waals surface area contributed by atoms with Crippen LogP contribution in [0.25, 0.3) is 10.6 Å². The predicted octanol–water partition coefficient (Wildman–Crippen LogP) is 4.62. The summed E-state index contributed by atoms with van der Waals surface area (Å²) in [6.07, 6.45) is 5.83. The summed E-state index contributed by atoms with van der Waals surface area (Å²) in [5.41, 5.74) is 0.847. The Morgan fingerprint density at radius 1 is 1.26 bits per heavy atom. The quantitative estimate of drug-likeness (QED) is 0.877. The monoisotopic (exact) mass is 347 g/mol. The molecule has 6 heteroatoms. The first-order chi connectivity index (χ1) is 11.2. The summed E-state index contributed by atoms with van der Waals surface area (Å²) in [7, 11) is 0. The molecule has 1 N–H and O–H groups in total. The zero-order valence-corrected chi connectivity index (χ0v) is 14.2. The maximum absolute atomic E-state index is 12.3. The van der Waals surface area contributed by atoms with Crippen molar-refractivity contribution in [2.45, 2.75) is 32.1 Å². The lowest BCUT2D eigenvalue weighted by Crippen LogP contribution is -2.20. The van der Waals surface area contributed by atoms with Gasteiger partial charge in [0.05, 0.1) is 5.02 Å². The zero-order valence-electron chi connectivity index (χ0n) is 12.7. The molecule has 0 saturated heterocycles. The standard InChI is InChI=1S/C17H18ClN3OS/c18-14-4-2-1-3-13(14)16-20-21-17(23-16)19-15(22)9-12-8-10-5-6-11(12)7-10/h1-4,10-12H,5-9H2,(H,19,21,22)/t10-,11-,12+/m1/s1. The molecule has 1 aromatic carbocycles. The second-order valence-electron chi connectivity index (χ2n) is 6.58. The highest BCUT2D eigenvalue weighted by Gasteiger charge is 2.40. The Morgan fingerprint density at radius 3 is 2.87 bits per heavy atom.